The molecule has 17 nitrogen and oxygen atoms in total. The Balaban J connectivity index is 1.87. The summed E-state index contributed by atoms with van der Waals surface area (Å²) in [6, 6.07) is 7.89. The Morgan fingerprint density at radius 3 is 2.24 bits per heavy atom. The molecule has 0 saturated carbocycles. The molecule has 0 unspecified atom stereocenters. The molecule has 2 aliphatic heterocycles. The summed E-state index contributed by atoms with van der Waals surface area (Å²) in [5.74, 6) is -4.98. The number of rotatable bonds is 20. The maximum Gasteiger partial charge on any atom is 0.227 e. The fourth-order valence-corrected chi connectivity index (χ4v) is 8.99. The first kappa shape index (κ1) is 46.8. The van der Waals surface area contributed by atoms with Gasteiger partial charge in [-0.05, 0) is 66.4 Å². The van der Waals surface area contributed by atoms with Crippen molar-refractivity contribution >= 4 is 44.7 Å². The molecule has 0 saturated heterocycles. The summed E-state index contributed by atoms with van der Waals surface area (Å²) in [6.07, 6.45) is 0.637. The number of ether oxygens (including phenoxy) is 2. The van der Waals surface area contributed by atoms with Crippen LogP contribution in [0.5, 0.6) is 11.5 Å². The molecule has 0 aromatic heterocycles. The molecule has 4 bridgehead atoms. The van der Waals surface area contributed by atoms with Gasteiger partial charge in [-0.2, -0.15) is 5.11 Å². The van der Waals surface area contributed by atoms with Crippen molar-refractivity contribution in [2.24, 2.45) is 50.4 Å². The van der Waals surface area contributed by atoms with E-state index in [2.05, 4.69) is 20.8 Å². The predicted molar refractivity (Wildman–Crippen MR) is 223 cm³/mol. The predicted octanol–water partition coefficient (Wildman–Crippen LogP) is 2.33. The van der Waals surface area contributed by atoms with Crippen LogP contribution in [0, 0.1) is 17.8 Å². The zero-order chi connectivity index (χ0) is 43.3. The number of Topliss-reactive ketones (excluding diaryl/α,β-unsaturated/α-hetero) is 3. The Morgan fingerprint density at radius 2 is 1.63 bits per heavy atom. The summed E-state index contributed by atoms with van der Waals surface area (Å²) in [4.78, 5) is 71.1. The molecular formula is C41H58N8O9S. The highest BCUT2D eigenvalue weighted by Gasteiger charge is 2.37. The van der Waals surface area contributed by atoms with Crippen LogP contribution in [0.3, 0.4) is 0 Å². The summed E-state index contributed by atoms with van der Waals surface area (Å²) < 4.78 is 38.4. The van der Waals surface area contributed by atoms with Gasteiger partial charge in [-0.15, -0.1) is 5.10 Å². The quantitative estimate of drug-likeness (QED) is 0.150. The minimum atomic E-state index is -3.64. The summed E-state index contributed by atoms with van der Waals surface area (Å²) in [5, 5.41) is 13.8. The van der Waals surface area contributed by atoms with Crippen molar-refractivity contribution in [3.05, 3.63) is 47.5 Å². The van der Waals surface area contributed by atoms with Crippen LogP contribution < -0.4 is 32.0 Å². The molecule has 0 radical (unpaired) electrons. The first-order valence-electron chi connectivity index (χ1n) is 20.1. The topological polar surface area (TPSA) is 268 Å². The van der Waals surface area contributed by atoms with Crippen molar-refractivity contribution in [3.8, 4) is 22.6 Å². The normalized spacial score (nSPS) is 19.2. The van der Waals surface area contributed by atoms with E-state index in [0.717, 1.165) is 0 Å². The lowest BCUT2D eigenvalue weighted by Crippen LogP contribution is -2.46. The van der Waals surface area contributed by atoms with Crippen LogP contribution in [0.1, 0.15) is 70.0 Å². The summed E-state index contributed by atoms with van der Waals surface area (Å²) >= 11 is 0. The molecule has 0 fully saturated rings. The molecule has 2 heterocycles. The molecule has 18 heteroatoms. The van der Waals surface area contributed by atoms with Crippen molar-refractivity contribution in [1.82, 2.24) is 10.2 Å². The van der Waals surface area contributed by atoms with Crippen LogP contribution >= 0.6 is 0 Å². The molecule has 0 aliphatic carbocycles. The molecular weight excluding hydrogens is 781 g/mol. The number of carbonyl (C=O) groups excluding carboxylic acids is 5. The Labute approximate surface area is 345 Å². The van der Waals surface area contributed by atoms with E-state index < -0.39 is 68.8 Å². The number of benzene rings is 2. The Kier molecular flexibility index (Phi) is 17.4. The number of carbonyl (C=O) groups is 5. The standard InChI is InChI=1S/C41H58N8O9S/c1-5-6-17-59(55,56)24-29(11-12-42)41(54)49(4)38-28-8-10-37(58-16-14-44)31(22-28)30-20-27(7-9-36(30)57-15-13-43)21-32(46-40(53)26(3)19-35(38)51)34(50)18-25(2)39(52)33-23-45-48-47-33/h7-10,20,22,25-26,29,32,38H,5-6,11-19,21,23-24,42-44H2,1-4H3,(H,46,53)/t25-,26-,29-,32+,38+/m1/s1. The van der Waals surface area contributed by atoms with E-state index in [1.165, 1.54) is 11.9 Å². The Hall–Kier alpha value is -4.91. The van der Waals surface area contributed by atoms with Gasteiger partial charge < -0.3 is 36.9 Å². The highest BCUT2D eigenvalue weighted by molar-refractivity contribution is 7.91. The van der Waals surface area contributed by atoms with Crippen LogP contribution in [0.15, 0.2) is 51.8 Å². The van der Waals surface area contributed by atoms with Gasteiger partial charge in [0.2, 0.25) is 11.8 Å². The maximum atomic E-state index is 14.6. The second-order valence-corrected chi connectivity index (χ2v) is 17.4. The number of amides is 2. The van der Waals surface area contributed by atoms with E-state index in [4.69, 9.17) is 26.7 Å². The molecule has 5 atom stereocenters. The number of sulfone groups is 1. The summed E-state index contributed by atoms with van der Waals surface area (Å²) in [5.41, 5.74) is 19.7. The van der Waals surface area contributed by atoms with Crippen LogP contribution in [0.4, 0.5) is 0 Å². The van der Waals surface area contributed by atoms with E-state index in [9.17, 15) is 32.4 Å². The van der Waals surface area contributed by atoms with Crippen LogP contribution in [-0.4, -0.2) is 112 Å². The van der Waals surface area contributed by atoms with Gasteiger partial charge in [0.25, 0.3) is 0 Å². The van der Waals surface area contributed by atoms with Gasteiger partial charge in [0, 0.05) is 55.9 Å². The van der Waals surface area contributed by atoms with E-state index in [-0.39, 0.29) is 82.3 Å². The molecule has 2 amide bonds. The molecule has 4 rings (SSSR count). The molecule has 2 aromatic carbocycles. The fraction of sp³-hybridized carbons (Fsp3) is 0.561. The number of ketones is 3. The Bertz CT molecular complexity index is 2020. The third-order valence-electron chi connectivity index (χ3n) is 10.4. The van der Waals surface area contributed by atoms with E-state index in [1.807, 2.05) is 6.92 Å². The van der Waals surface area contributed by atoms with Crippen molar-refractivity contribution in [3.63, 3.8) is 0 Å². The van der Waals surface area contributed by atoms with Crippen LogP contribution in [-0.2, 0) is 40.2 Å². The highest BCUT2D eigenvalue weighted by atomic mass is 32.2. The van der Waals surface area contributed by atoms with Gasteiger partial charge in [0.1, 0.15) is 43.0 Å². The lowest BCUT2D eigenvalue weighted by atomic mass is 9.88. The molecule has 59 heavy (non-hydrogen) atoms. The number of likely N-dealkylation sites (N-methyl/N-ethyl adjacent to an activating group) is 1. The van der Waals surface area contributed by atoms with Crippen molar-refractivity contribution in [2.45, 2.75) is 71.4 Å². The van der Waals surface area contributed by atoms with Gasteiger partial charge >= 0.3 is 0 Å². The van der Waals surface area contributed by atoms with E-state index >= 15 is 0 Å². The average Bonchev–Trinajstić information content (AvgIpc) is 3.76. The third-order valence-corrected chi connectivity index (χ3v) is 12.2. The second-order valence-electron chi connectivity index (χ2n) is 15.2. The third kappa shape index (κ3) is 12.5. The first-order valence-corrected chi connectivity index (χ1v) is 21.9. The zero-order valence-corrected chi connectivity index (χ0v) is 35.2. The molecule has 7 N–H and O–H groups in total. The SMILES string of the molecule is CCCCS(=O)(=O)C[C@@H](CCN)C(=O)N(C)[C@@H]1C(=O)C[C@@H](C)C(=O)N[C@H](C(=O)C[C@@H](C)C(=O)C2=NN=NC2)Cc2ccc(OCCN)c(c2)-c2cc1ccc2OCCN. The molecule has 2 aliphatic rings. The average molecular weight is 839 g/mol. The number of fused-ring (bicyclic) bond motifs is 5. The number of nitrogens with zero attached hydrogens (tertiary/aromatic N) is 4. The smallest absolute Gasteiger partial charge is 0.227 e. The number of hydrogen-bond donors (Lipinski definition) is 4. The van der Waals surface area contributed by atoms with E-state index in [1.54, 1.807) is 50.2 Å². The first-order chi connectivity index (χ1) is 28.1. The number of hydrogen-bond acceptors (Lipinski definition) is 15. The van der Waals surface area contributed by atoms with Crippen LogP contribution in [0.25, 0.3) is 11.1 Å². The maximum absolute atomic E-state index is 14.6. The lowest BCUT2D eigenvalue weighted by molar-refractivity contribution is -0.142. The molecule has 0 spiro atoms. The molecule has 322 valence electrons. The monoisotopic (exact) mass is 838 g/mol. The van der Waals surface area contributed by atoms with Crippen molar-refractivity contribution < 1.29 is 41.9 Å². The fourth-order valence-electron chi connectivity index (χ4n) is 7.17. The minimum Gasteiger partial charge on any atom is -0.492 e. The minimum absolute atomic E-state index is 0.0239. The number of unbranched alkanes of at least 4 members (excludes halogenated alkanes) is 1. The Morgan fingerprint density at radius 1 is 0.966 bits per heavy atom. The van der Waals surface area contributed by atoms with Crippen molar-refractivity contribution in [1.29, 1.82) is 0 Å². The van der Waals surface area contributed by atoms with Gasteiger partial charge in [-0.25, -0.2) is 8.42 Å². The van der Waals surface area contributed by atoms with Gasteiger partial charge in [-0.1, -0.05) is 39.3 Å². The van der Waals surface area contributed by atoms with Crippen LogP contribution in [0.2, 0.25) is 0 Å². The highest BCUT2D eigenvalue weighted by Crippen LogP contribution is 2.41. The van der Waals surface area contributed by atoms with Gasteiger partial charge in [0.05, 0.1) is 23.5 Å². The lowest BCUT2D eigenvalue weighted by Gasteiger charge is -2.32. The second kappa shape index (κ2) is 21.9. The summed E-state index contributed by atoms with van der Waals surface area (Å²) in [7, 11) is -2.20. The largest absolute Gasteiger partial charge is 0.492 e. The molecule has 2 aromatic rings. The van der Waals surface area contributed by atoms with Gasteiger partial charge in [0.15, 0.2) is 27.2 Å². The zero-order valence-electron chi connectivity index (χ0n) is 34.4. The van der Waals surface area contributed by atoms with E-state index in [0.29, 0.717) is 46.6 Å². The number of nitrogens with two attached hydrogens (primary N) is 3. The summed E-state index contributed by atoms with van der Waals surface area (Å²) in [6.45, 7) is 5.77. The number of nitrogens with one attached hydrogen (secondary N) is 1. The van der Waals surface area contributed by atoms with Crippen molar-refractivity contribution in [2.75, 3.05) is 57.9 Å². The van der Waals surface area contributed by atoms with Gasteiger partial charge in [-0.3, -0.25) is 24.0 Å².